The van der Waals surface area contributed by atoms with Crippen molar-refractivity contribution in [1.82, 2.24) is 25.7 Å². The van der Waals surface area contributed by atoms with E-state index in [-0.39, 0.29) is 12.1 Å². The van der Waals surface area contributed by atoms with Gasteiger partial charge in [-0.3, -0.25) is 25.0 Å². The summed E-state index contributed by atoms with van der Waals surface area (Å²) in [5, 5.41) is 3.62. The van der Waals surface area contributed by atoms with E-state index in [1.54, 1.807) is 24.3 Å². The number of nitrogens with zero attached hydrogens (tertiary/aromatic N) is 2. The van der Waals surface area contributed by atoms with Gasteiger partial charge in [0.25, 0.3) is 11.5 Å². The zero-order valence-corrected chi connectivity index (χ0v) is 12.2. The summed E-state index contributed by atoms with van der Waals surface area (Å²) in [4.78, 5) is 28.1. The number of nitrogens with one attached hydrogen (secondary N) is 3. The van der Waals surface area contributed by atoms with Gasteiger partial charge in [0, 0.05) is 6.54 Å². The van der Waals surface area contributed by atoms with Gasteiger partial charge in [0.15, 0.2) is 5.11 Å². The second-order valence-electron chi connectivity index (χ2n) is 4.23. The van der Waals surface area contributed by atoms with Crippen LogP contribution in [0.2, 0.25) is 0 Å². The number of rotatable bonds is 3. The Morgan fingerprint density at radius 3 is 2.86 bits per heavy atom. The van der Waals surface area contributed by atoms with E-state index in [4.69, 9.17) is 12.2 Å². The Morgan fingerprint density at radius 2 is 2.10 bits per heavy atom. The number of hydrazine groups is 1. The van der Waals surface area contributed by atoms with Crippen molar-refractivity contribution in [3.8, 4) is 0 Å². The first-order chi connectivity index (χ1) is 10.1. The monoisotopic (exact) mass is 305 g/mol. The highest BCUT2D eigenvalue weighted by molar-refractivity contribution is 7.80. The summed E-state index contributed by atoms with van der Waals surface area (Å²) in [5.41, 5.74) is 5.30. The van der Waals surface area contributed by atoms with Gasteiger partial charge in [-0.05, 0) is 31.3 Å². The maximum atomic E-state index is 12.2. The summed E-state index contributed by atoms with van der Waals surface area (Å²) in [5.74, 6) is -0.394. The second kappa shape index (κ2) is 6.80. The second-order valence-corrected chi connectivity index (χ2v) is 4.64. The first-order valence-corrected chi connectivity index (χ1v) is 6.79. The van der Waals surface area contributed by atoms with Gasteiger partial charge in [0.2, 0.25) is 0 Å². The lowest BCUT2D eigenvalue weighted by Gasteiger charge is -2.11. The molecule has 0 atom stereocenters. The summed E-state index contributed by atoms with van der Waals surface area (Å²) < 4.78 is 1.25. The Morgan fingerprint density at radius 1 is 1.33 bits per heavy atom. The Labute approximate surface area is 126 Å². The first kappa shape index (κ1) is 14.9. The molecule has 1 aromatic carbocycles. The first-order valence-electron chi connectivity index (χ1n) is 6.38. The molecule has 0 aliphatic heterocycles. The molecule has 0 saturated heterocycles. The number of para-hydroxylation sites is 1. The fraction of sp³-hybridized carbons (Fsp3) is 0.231. The lowest BCUT2D eigenvalue weighted by molar-refractivity contribution is -0.122. The zero-order chi connectivity index (χ0) is 15.2. The molecule has 0 radical (unpaired) electrons. The molecule has 110 valence electrons. The third-order valence-corrected chi connectivity index (χ3v) is 2.94. The molecular weight excluding hydrogens is 290 g/mol. The van der Waals surface area contributed by atoms with Crippen LogP contribution in [-0.2, 0) is 11.3 Å². The Bertz CT molecular complexity index is 728. The van der Waals surface area contributed by atoms with Crippen molar-refractivity contribution in [3.05, 3.63) is 40.9 Å². The largest absolute Gasteiger partial charge is 0.362 e. The SMILES string of the molecule is CCNC(=S)NNC(=O)Cn1cnc2ccccc2c1=O. The van der Waals surface area contributed by atoms with Crippen LogP contribution in [0.15, 0.2) is 35.4 Å². The molecular formula is C13H15N5O2S. The van der Waals surface area contributed by atoms with Crippen molar-refractivity contribution >= 4 is 34.1 Å². The van der Waals surface area contributed by atoms with Gasteiger partial charge in [-0.15, -0.1) is 0 Å². The third-order valence-electron chi connectivity index (χ3n) is 2.70. The van der Waals surface area contributed by atoms with Crippen LogP contribution < -0.4 is 21.7 Å². The smallest absolute Gasteiger partial charge is 0.261 e. The summed E-state index contributed by atoms with van der Waals surface area (Å²) in [6.45, 7) is 2.39. The number of hydrogen-bond acceptors (Lipinski definition) is 4. The minimum Gasteiger partial charge on any atom is -0.362 e. The molecule has 0 fully saturated rings. The van der Waals surface area contributed by atoms with Crippen molar-refractivity contribution in [3.63, 3.8) is 0 Å². The average molecular weight is 305 g/mol. The highest BCUT2D eigenvalue weighted by Crippen LogP contribution is 2.04. The molecule has 0 bridgehead atoms. The molecule has 7 nitrogen and oxygen atoms in total. The fourth-order valence-electron chi connectivity index (χ4n) is 1.74. The number of carbonyl (C=O) groups excluding carboxylic acids is 1. The van der Waals surface area contributed by atoms with Crippen LogP contribution in [0.4, 0.5) is 0 Å². The normalized spacial score (nSPS) is 10.1. The van der Waals surface area contributed by atoms with Gasteiger partial charge in [-0.25, -0.2) is 4.98 Å². The number of carbonyl (C=O) groups is 1. The summed E-state index contributed by atoms with van der Waals surface area (Å²) >= 11 is 4.91. The topological polar surface area (TPSA) is 88.0 Å². The highest BCUT2D eigenvalue weighted by Gasteiger charge is 2.07. The molecule has 0 spiro atoms. The van der Waals surface area contributed by atoms with Gasteiger partial charge >= 0.3 is 0 Å². The van der Waals surface area contributed by atoms with Gasteiger partial charge < -0.3 is 5.32 Å². The van der Waals surface area contributed by atoms with E-state index >= 15 is 0 Å². The molecule has 0 unspecified atom stereocenters. The average Bonchev–Trinajstić information content (AvgIpc) is 2.49. The number of aromatic nitrogens is 2. The lowest BCUT2D eigenvalue weighted by Crippen LogP contribution is -2.48. The van der Waals surface area contributed by atoms with Gasteiger partial charge in [0.05, 0.1) is 17.2 Å². The zero-order valence-electron chi connectivity index (χ0n) is 11.4. The Balaban J connectivity index is 2.06. The van der Waals surface area contributed by atoms with Gasteiger partial charge in [-0.1, -0.05) is 12.1 Å². The van der Waals surface area contributed by atoms with E-state index in [1.807, 2.05) is 6.92 Å². The van der Waals surface area contributed by atoms with E-state index in [0.717, 1.165) is 0 Å². The van der Waals surface area contributed by atoms with Crippen LogP contribution in [0.5, 0.6) is 0 Å². The summed E-state index contributed by atoms with van der Waals surface area (Å²) in [7, 11) is 0. The van der Waals surface area contributed by atoms with Crippen LogP contribution in [0.3, 0.4) is 0 Å². The van der Waals surface area contributed by atoms with Crippen LogP contribution in [0.25, 0.3) is 10.9 Å². The quantitative estimate of drug-likeness (QED) is 0.543. The van der Waals surface area contributed by atoms with Crippen molar-refractivity contribution in [2.24, 2.45) is 0 Å². The van der Waals surface area contributed by atoms with E-state index < -0.39 is 5.91 Å². The van der Waals surface area contributed by atoms with Gasteiger partial charge in [0.1, 0.15) is 6.54 Å². The lowest BCUT2D eigenvalue weighted by atomic mass is 10.2. The third kappa shape index (κ3) is 3.76. The molecule has 1 aromatic heterocycles. The predicted molar refractivity (Wildman–Crippen MR) is 83.6 cm³/mol. The maximum Gasteiger partial charge on any atom is 0.261 e. The van der Waals surface area contributed by atoms with Crippen LogP contribution in [0.1, 0.15) is 6.92 Å². The molecule has 3 N–H and O–H groups in total. The van der Waals surface area contributed by atoms with E-state index in [2.05, 4.69) is 21.2 Å². The minimum absolute atomic E-state index is 0.140. The summed E-state index contributed by atoms with van der Waals surface area (Å²) in [6.07, 6.45) is 1.35. The predicted octanol–water partition coefficient (Wildman–Crippen LogP) is -0.0883. The molecule has 0 aliphatic carbocycles. The molecule has 8 heteroatoms. The molecule has 21 heavy (non-hydrogen) atoms. The van der Waals surface area contributed by atoms with Crippen LogP contribution in [-0.4, -0.2) is 27.1 Å². The number of amides is 1. The highest BCUT2D eigenvalue weighted by atomic mass is 32.1. The standard InChI is InChI=1S/C13H15N5O2S/c1-2-14-13(21)17-16-11(19)7-18-8-15-10-6-4-3-5-9(10)12(18)20/h3-6,8H,2,7H2,1H3,(H,16,19)(H2,14,17,21). The molecule has 0 saturated carbocycles. The van der Waals surface area contributed by atoms with E-state index in [1.165, 1.54) is 10.9 Å². The molecule has 0 aliphatic rings. The van der Waals surface area contributed by atoms with Crippen LogP contribution >= 0.6 is 12.2 Å². The molecule has 1 amide bonds. The Kier molecular flexibility index (Phi) is 4.83. The molecule has 2 aromatic rings. The van der Waals surface area contributed by atoms with Crippen molar-refractivity contribution < 1.29 is 4.79 Å². The van der Waals surface area contributed by atoms with Gasteiger partial charge in [-0.2, -0.15) is 0 Å². The number of benzene rings is 1. The molecule has 1 heterocycles. The number of hydrogen-bond donors (Lipinski definition) is 3. The maximum absolute atomic E-state index is 12.2. The summed E-state index contributed by atoms with van der Waals surface area (Å²) in [6, 6.07) is 6.98. The molecule has 2 rings (SSSR count). The minimum atomic E-state index is -0.394. The van der Waals surface area contributed by atoms with Crippen molar-refractivity contribution in [2.45, 2.75) is 13.5 Å². The van der Waals surface area contributed by atoms with Crippen LogP contribution in [0, 0.1) is 0 Å². The van der Waals surface area contributed by atoms with E-state index in [9.17, 15) is 9.59 Å². The number of fused-ring (bicyclic) bond motifs is 1. The van der Waals surface area contributed by atoms with Crippen molar-refractivity contribution in [1.29, 1.82) is 0 Å². The fourth-order valence-corrected chi connectivity index (χ4v) is 1.94. The Hall–Kier alpha value is -2.48. The number of thiocarbonyl (C=S) groups is 1. The van der Waals surface area contributed by atoms with Crippen molar-refractivity contribution in [2.75, 3.05) is 6.54 Å². The van der Waals surface area contributed by atoms with E-state index in [0.29, 0.717) is 22.6 Å².